The summed E-state index contributed by atoms with van der Waals surface area (Å²) >= 11 is 0. The van der Waals surface area contributed by atoms with Crippen molar-refractivity contribution in [1.82, 2.24) is 10.3 Å². The summed E-state index contributed by atoms with van der Waals surface area (Å²) < 4.78 is 14.7. The molecule has 1 saturated heterocycles. The highest BCUT2D eigenvalue weighted by Gasteiger charge is 2.22. The summed E-state index contributed by atoms with van der Waals surface area (Å²) in [5.74, 6) is 0.954. The van der Waals surface area contributed by atoms with E-state index in [0.717, 1.165) is 31.5 Å². The Balaban J connectivity index is 2.12. The van der Waals surface area contributed by atoms with Crippen molar-refractivity contribution >= 4 is 5.82 Å². The van der Waals surface area contributed by atoms with Crippen molar-refractivity contribution in [3.63, 3.8) is 0 Å². The highest BCUT2D eigenvalue weighted by Crippen LogP contribution is 2.26. The first-order chi connectivity index (χ1) is 10.1. The Morgan fingerprint density at radius 1 is 1.38 bits per heavy atom. The van der Waals surface area contributed by atoms with Gasteiger partial charge in [-0.2, -0.15) is 0 Å². The Kier molecular flexibility index (Phi) is 5.97. The molecule has 0 radical (unpaired) electrons. The third kappa shape index (κ3) is 4.40. The zero-order valence-corrected chi connectivity index (χ0v) is 13.5. The largest absolute Gasteiger partial charge is 0.351 e. The molecule has 1 atom stereocenters. The second kappa shape index (κ2) is 7.74. The third-order valence-electron chi connectivity index (χ3n) is 4.14. The van der Waals surface area contributed by atoms with Crippen LogP contribution in [0.3, 0.4) is 0 Å². The predicted molar refractivity (Wildman–Crippen MR) is 86.0 cm³/mol. The topological polar surface area (TPSA) is 28.2 Å². The van der Waals surface area contributed by atoms with Gasteiger partial charge in [0, 0.05) is 30.9 Å². The molecule has 0 amide bonds. The summed E-state index contributed by atoms with van der Waals surface area (Å²) in [4.78, 5) is 6.47. The molecule has 0 bridgehead atoms. The molecule has 1 N–H and O–H groups in total. The van der Waals surface area contributed by atoms with Gasteiger partial charge in [0.15, 0.2) is 11.6 Å². The number of halogens is 1. The quantitative estimate of drug-likeness (QED) is 0.896. The molecule has 21 heavy (non-hydrogen) atoms. The summed E-state index contributed by atoms with van der Waals surface area (Å²) in [5, 5.41) is 3.31. The Bertz CT molecular complexity index is 448. The molecule has 0 spiro atoms. The number of nitrogens with zero attached hydrogens (tertiary/aromatic N) is 2. The molecule has 1 fully saturated rings. The summed E-state index contributed by atoms with van der Waals surface area (Å²) in [5.41, 5.74) is 0.720. The number of anilines is 1. The van der Waals surface area contributed by atoms with Crippen molar-refractivity contribution in [1.29, 1.82) is 0 Å². The van der Waals surface area contributed by atoms with Gasteiger partial charge in [0.25, 0.3) is 0 Å². The lowest BCUT2D eigenvalue weighted by molar-refractivity contribution is 0.526. The van der Waals surface area contributed by atoms with Crippen molar-refractivity contribution in [2.24, 2.45) is 5.92 Å². The third-order valence-corrected chi connectivity index (χ3v) is 4.14. The van der Waals surface area contributed by atoms with E-state index in [2.05, 4.69) is 36.0 Å². The van der Waals surface area contributed by atoms with E-state index in [1.807, 2.05) is 0 Å². The van der Waals surface area contributed by atoms with E-state index < -0.39 is 0 Å². The van der Waals surface area contributed by atoms with Crippen molar-refractivity contribution in [3.8, 4) is 0 Å². The zero-order valence-electron chi connectivity index (χ0n) is 13.5. The van der Waals surface area contributed by atoms with Crippen molar-refractivity contribution in [2.75, 3.05) is 18.0 Å². The van der Waals surface area contributed by atoms with Crippen LogP contribution in [0.15, 0.2) is 12.3 Å². The monoisotopic (exact) mass is 293 g/mol. The first-order valence-corrected chi connectivity index (χ1v) is 8.20. The van der Waals surface area contributed by atoms with E-state index in [1.54, 1.807) is 12.3 Å². The van der Waals surface area contributed by atoms with Crippen LogP contribution >= 0.6 is 0 Å². The summed E-state index contributed by atoms with van der Waals surface area (Å²) in [6, 6.07) is 2.16. The average molecular weight is 293 g/mol. The van der Waals surface area contributed by atoms with Gasteiger partial charge in [-0.15, -0.1) is 0 Å². The number of aromatic nitrogens is 1. The first kappa shape index (κ1) is 16.2. The maximum absolute atomic E-state index is 14.7. The molecule has 1 aliphatic heterocycles. The van der Waals surface area contributed by atoms with Crippen molar-refractivity contribution < 1.29 is 4.39 Å². The number of pyridine rings is 1. The Hall–Kier alpha value is -1.16. The first-order valence-electron chi connectivity index (χ1n) is 8.20. The second-order valence-corrected chi connectivity index (χ2v) is 6.52. The molecular weight excluding hydrogens is 265 g/mol. The van der Waals surface area contributed by atoms with Crippen molar-refractivity contribution in [3.05, 3.63) is 23.6 Å². The zero-order chi connectivity index (χ0) is 15.2. The molecule has 0 saturated carbocycles. The molecule has 2 rings (SSSR count). The van der Waals surface area contributed by atoms with Crippen LogP contribution in [-0.2, 0) is 6.54 Å². The van der Waals surface area contributed by atoms with Gasteiger partial charge in [-0.05, 0) is 38.3 Å². The van der Waals surface area contributed by atoms with Gasteiger partial charge in [-0.1, -0.05) is 26.7 Å². The highest BCUT2D eigenvalue weighted by atomic mass is 19.1. The van der Waals surface area contributed by atoms with Gasteiger partial charge in [-0.25, -0.2) is 9.37 Å². The van der Waals surface area contributed by atoms with E-state index >= 15 is 0 Å². The smallest absolute Gasteiger partial charge is 0.170 e. The van der Waals surface area contributed by atoms with Crippen LogP contribution in [0.5, 0.6) is 0 Å². The van der Waals surface area contributed by atoms with Gasteiger partial charge >= 0.3 is 0 Å². The second-order valence-electron chi connectivity index (χ2n) is 6.52. The van der Waals surface area contributed by atoms with E-state index in [0.29, 0.717) is 24.3 Å². The lowest BCUT2D eigenvalue weighted by Gasteiger charge is -2.29. The molecule has 1 unspecified atom stereocenters. The van der Waals surface area contributed by atoms with Crippen LogP contribution in [0.25, 0.3) is 0 Å². The predicted octanol–water partition coefficient (Wildman–Crippen LogP) is 3.74. The van der Waals surface area contributed by atoms with Gasteiger partial charge in [0.05, 0.1) is 0 Å². The molecule has 118 valence electrons. The fraction of sp³-hybridized carbons (Fsp3) is 0.706. The minimum Gasteiger partial charge on any atom is -0.351 e. The highest BCUT2D eigenvalue weighted by molar-refractivity contribution is 5.44. The van der Waals surface area contributed by atoms with Crippen LogP contribution in [0.4, 0.5) is 10.2 Å². The van der Waals surface area contributed by atoms with E-state index in [1.165, 1.54) is 12.8 Å². The summed E-state index contributed by atoms with van der Waals surface area (Å²) in [6.07, 6.45) is 6.45. The SMILES string of the molecule is CC(C)CNCc1ccnc(N2CCCCCC2C)c1F. The number of hydrogen-bond donors (Lipinski definition) is 1. The molecule has 2 heterocycles. The van der Waals surface area contributed by atoms with Crippen LogP contribution in [0.1, 0.15) is 52.0 Å². The van der Waals surface area contributed by atoms with E-state index in [9.17, 15) is 4.39 Å². The average Bonchev–Trinajstić information content (AvgIpc) is 2.65. The van der Waals surface area contributed by atoms with Gasteiger partial charge in [0.2, 0.25) is 0 Å². The standard InChI is InChI=1S/C17H28FN3/c1-13(2)11-19-12-15-8-9-20-17(16(15)18)21-10-6-4-5-7-14(21)3/h8-9,13-14,19H,4-7,10-12H2,1-3H3. The Morgan fingerprint density at radius 3 is 2.95 bits per heavy atom. The van der Waals surface area contributed by atoms with Crippen LogP contribution in [0.2, 0.25) is 0 Å². The molecule has 1 aromatic rings. The lowest BCUT2D eigenvalue weighted by Crippen LogP contribution is -2.34. The maximum atomic E-state index is 14.7. The maximum Gasteiger partial charge on any atom is 0.170 e. The summed E-state index contributed by atoms with van der Waals surface area (Å²) in [6.45, 7) is 8.86. The van der Waals surface area contributed by atoms with Crippen molar-refractivity contribution in [2.45, 2.75) is 59.0 Å². The summed E-state index contributed by atoms with van der Waals surface area (Å²) in [7, 11) is 0. The minimum absolute atomic E-state index is 0.150. The number of rotatable bonds is 5. The van der Waals surface area contributed by atoms with Crippen LogP contribution in [-0.4, -0.2) is 24.1 Å². The van der Waals surface area contributed by atoms with Crippen LogP contribution < -0.4 is 10.2 Å². The fourth-order valence-electron chi connectivity index (χ4n) is 2.89. The molecule has 1 aromatic heterocycles. The van der Waals surface area contributed by atoms with Gasteiger partial charge < -0.3 is 10.2 Å². The van der Waals surface area contributed by atoms with Gasteiger partial charge in [0.1, 0.15) is 0 Å². The number of hydrogen-bond acceptors (Lipinski definition) is 3. The molecule has 4 heteroatoms. The Morgan fingerprint density at radius 2 is 2.19 bits per heavy atom. The lowest BCUT2D eigenvalue weighted by atomic mass is 10.1. The van der Waals surface area contributed by atoms with E-state index in [4.69, 9.17) is 0 Å². The minimum atomic E-state index is -0.150. The van der Waals surface area contributed by atoms with E-state index in [-0.39, 0.29) is 5.82 Å². The molecule has 0 aromatic carbocycles. The number of nitrogens with one attached hydrogen (secondary N) is 1. The molecule has 1 aliphatic rings. The Labute approximate surface area is 127 Å². The normalized spacial score (nSPS) is 19.9. The molecular formula is C17H28FN3. The fourth-order valence-corrected chi connectivity index (χ4v) is 2.89. The van der Waals surface area contributed by atoms with Crippen LogP contribution in [0, 0.1) is 11.7 Å². The van der Waals surface area contributed by atoms with Gasteiger partial charge in [-0.3, -0.25) is 0 Å². The molecule has 3 nitrogen and oxygen atoms in total. The molecule has 0 aliphatic carbocycles.